The first-order chi connectivity index (χ1) is 9.41. The summed E-state index contributed by atoms with van der Waals surface area (Å²) in [5.41, 5.74) is -0.0718. The summed E-state index contributed by atoms with van der Waals surface area (Å²) in [7, 11) is -3.72. The number of hydrogen-bond acceptors (Lipinski definition) is 3. The molecule has 1 fully saturated rings. The predicted octanol–water partition coefficient (Wildman–Crippen LogP) is 1.55. The summed E-state index contributed by atoms with van der Waals surface area (Å²) in [6.45, 7) is -0.103. The van der Waals surface area contributed by atoms with Crippen LogP contribution in [-0.2, 0) is 15.8 Å². The third kappa shape index (κ3) is 4.22. The highest BCUT2D eigenvalue weighted by Crippen LogP contribution is 2.34. The maximum Gasteiger partial charge on any atom is 0.216 e. The molecule has 1 atom stereocenters. The van der Waals surface area contributed by atoms with E-state index in [1.807, 2.05) is 0 Å². The fourth-order valence-electron chi connectivity index (χ4n) is 2.14. The number of aliphatic hydroxyl groups is 1. The summed E-state index contributed by atoms with van der Waals surface area (Å²) in [5.74, 6) is -1.91. The quantitative estimate of drug-likeness (QED) is 0.803. The van der Waals surface area contributed by atoms with E-state index in [4.69, 9.17) is 5.11 Å². The third-order valence-corrected chi connectivity index (χ3v) is 4.68. The molecule has 2 rings (SSSR count). The molecule has 1 aliphatic carbocycles. The van der Waals surface area contributed by atoms with Crippen LogP contribution >= 0.6 is 0 Å². The highest BCUT2D eigenvalue weighted by atomic mass is 32.2. The van der Waals surface area contributed by atoms with E-state index in [0.29, 0.717) is 12.5 Å². The minimum absolute atomic E-state index is 0.0718. The fourth-order valence-corrected chi connectivity index (χ4v) is 3.64. The zero-order valence-corrected chi connectivity index (χ0v) is 11.7. The summed E-state index contributed by atoms with van der Waals surface area (Å²) < 4.78 is 52.7. The molecule has 1 aromatic carbocycles. The first-order valence-electron chi connectivity index (χ1n) is 6.46. The van der Waals surface area contributed by atoms with Gasteiger partial charge >= 0.3 is 0 Å². The molecule has 0 radical (unpaired) electrons. The van der Waals surface area contributed by atoms with Crippen molar-refractivity contribution in [2.45, 2.75) is 31.1 Å². The van der Waals surface area contributed by atoms with E-state index in [-0.39, 0.29) is 24.1 Å². The molecule has 0 aromatic heterocycles. The minimum Gasteiger partial charge on any atom is -0.396 e. The topological polar surface area (TPSA) is 66.4 Å². The van der Waals surface area contributed by atoms with Gasteiger partial charge in [0.05, 0.1) is 5.75 Å². The lowest BCUT2D eigenvalue weighted by atomic mass is 10.1. The SMILES string of the molecule is O=S(=O)(Cc1ccc(F)cc1F)NC(CCO)C1CC1. The lowest BCUT2D eigenvalue weighted by molar-refractivity contribution is 0.265. The Labute approximate surface area is 116 Å². The zero-order valence-electron chi connectivity index (χ0n) is 10.9. The molecule has 7 heteroatoms. The number of benzene rings is 1. The van der Waals surface area contributed by atoms with Gasteiger partial charge in [-0.2, -0.15) is 0 Å². The Morgan fingerprint density at radius 3 is 2.60 bits per heavy atom. The van der Waals surface area contributed by atoms with Crippen molar-refractivity contribution in [1.29, 1.82) is 0 Å². The van der Waals surface area contributed by atoms with Crippen molar-refractivity contribution in [1.82, 2.24) is 4.72 Å². The molecule has 1 aliphatic rings. The van der Waals surface area contributed by atoms with E-state index in [9.17, 15) is 17.2 Å². The van der Waals surface area contributed by atoms with E-state index in [2.05, 4.69) is 4.72 Å². The lowest BCUT2D eigenvalue weighted by Crippen LogP contribution is -2.38. The number of rotatable bonds is 7. The van der Waals surface area contributed by atoms with Crippen LogP contribution in [0.25, 0.3) is 0 Å². The van der Waals surface area contributed by atoms with Crippen molar-refractivity contribution in [2.24, 2.45) is 5.92 Å². The van der Waals surface area contributed by atoms with Crippen LogP contribution < -0.4 is 4.72 Å². The molecule has 0 bridgehead atoms. The van der Waals surface area contributed by atoms with E-state index in [1.54, 1.807) is 0 Å². The second-order valence-electron chi connectivity index (χ2n) is 5.07. The molecule has 4 nitrogen and oxygen atoms in total. The Bertz CT molecular complexity index is 573. The number of aliphatic hydroxyl groups excluding tert-OH is 1. The second kappa shape index (κ2) is 6.15. The van der Waals surface area contributed by atoms with Crippen LogP contribution in [0.2, 0.25) is 0 Å². The zero-order chi connectivity index (χ0) is 14.8. The third-order valence-electron chi connectivity index (χ3n) is 3.32. The van der Waals surface area contributed by atoms with Gasteiger partial charge in [-0.15, -0.1) is 0 Å². The van der Waals surface area contributed by atoms with Crippen LogP contribution in [0.4, 0.5) is 8.78 Å². The highest BCUT2D eigenvalue weighted by molar-refractivity contribution is 7.88. The standard InChI is InChI=1S/C13H17F2NO3S/c14-11-4-3-10(12(15)7-11)8-20(18,19)16-13(5-6-17)9-1-2-9/h3-4,7,9,13,16-17H,1-2,5-6,8H2. The Hall–Kier alpha value is -1.05. The van der Waals surface area contributed by atoms with Crippen LogP contribution in [0.5, 0.6) is 0 Å². The Kier molecular flexibility index (Phi) is 4.72. The summed E-state index contributed by atoms with van der Waals surface area (Å²) in [5, 5.41) is 8.94. The van der Waals surface area contributed by atoms with E-state index < -0.39 is 27.4 Å². The summed E-state index contributed by atoms with van der Waals surface area (Å²) in [6.07, 6.45) is 2.20. The summed E-state index contributed by atoms with van der Waals surface area (Å²) in [6, 6.07) is 2.51. The van der Waals surface area contributed by atoms with Gasteiger partial charge in [-0.3, -0.25) is 0 Å². The molecule has 0 heterocycles. The number of nitrogens with one attached hydrogen (secondary N) is 1. The number of sulfonamides is 1. The molecule has 0 saturated heterocycles. The predicted molar refractivity (Wildman–Crippen MR) is 70.3 cm³/mol. The van der Waals surface area contributed by atoms with Gasteiger partial charge in [-0.05, 0) is 31.2 Å². The van der Waals surface area contributed by atoms with Crippen LogP contribution in [-0.4, -0.2) is 26.2 Å². The minimum atomic E-state index is -3.72. The Morgan fingerprint density at radius 1 is 1.35 bits per heavy atom. The van der Waals surface area contributed by atoms with Crippen LogP contribution in [0.15, 0.2) is 18.2 Å². The summed E-state index contributed by atoms with van der Waals surface area (Å²) >= 11 is 0. The highest BCUT2D eigenvalue weighted by Gasteiger charge is 2.33. The molecule has 1 unspecified atom stereocenters. The van der Waals surface area contributed by atoms with Gasteiger partial charge in [-0.25, -0.2) is 21.9 Å². The van der Waals surface area contributed by atoms with Crippen LogP contribution in [0.3, 0.4) is 0 Å². The number of hydrogen-bond donors (Lipinski definition) is 2. The molecular weight excluding hydrogens is 288 g/mol. The normalized spacial score (nSPS) is 17.1. The van der Waals surface area contributed by atoms with Crippen LogP contribution in [0, 0.1) is 17.6 Å². The molecule has 112 valence electrons. The number of halogens is 2. The van der Waals surface area contributed by atoms with Crippen molar-refractivity contribution in [3.63, 3.8) is 0 Å². The van der Waals surface area contributed by atoms with Gasteiger partial charge < -0.3 is 5.11 Å². The first kappa shape index (κ1) is 15.3. The van der Waals surface area contributed by atoms with Gasteiger partial charge in [0.25, 0.3) is 0 Å². The molecule has 1 saturated carbocycles. The van der Waals surface area contributed by atoms with E-state index >= 15 is 0 Å². The average molecular weight is 305 g/mol. The molecular formula is C13H17F2NO3S. The van der Waals surface area contributed by atoms with Crippen molar-refractivity contribution in [2.75, 3.05) is 6.61 Å². The second-order valence-corrected chi connectivity index (χ2v) is 6.82. The van der Waals surface area contributed by atoms with Crippen molar-refractivity contribution < 1.29 is 22.3 Å². The largest absolute Gasteiger partial charge is 0.396 e. The molecule has 0 amide bonds. The van der Waals surface area contributed by atoms with Crippen molar-refractivity contribution in [3.05, 3.63) is 35.4 Å². The lowest BCUT2D eigenvalue weighted by Gasteiger charge is -2.17. The molecule has 2 N–H and O–H groups in total. The van der Waals surface area contributed by atoms with Gasteiger partial charge in [-0.1, -0.05) is 6.07 Å². The van der Waals surface area contributed by atoms with E-state index in [0.717, 1.165) is 25.0 Å². The molecule has 20 heavy (non-hydrogen) atoms. The van der Waals surface area contributed by atoms with Gasteiger partial charge in [0.15, 0.2) is 0 Å². The Balaban J connectivity index is 2.06. The maximum atomic E-state index is 13.5. The average Bonchev–Trinajstić information content (AvgIpc) is 3.16. The monoisotopic (exact) mass is 305 g/mol. The van der Waals surface area contributed by atoms with Crippen molar-refractivity contribution in [3.8, 4) is 0 Å². The Morgan fingerprint density at radius 2 is 2.05 bits per heavy atom. The van der Waals surface area contributed by atoms with Crippen molar-refractivity contribution >= 4 is 10.0 Å². The molecule has 0 aliphatic heterocycles. The van der Waals surface area contributed by atoms with Gasteiger partial charge in [0, 0.05) is 24.3 Å². The van der Waals surface area contributed by atoms with Gasteiger partial charge in [0.1, 0.15) is 11.6 Å². The first-order valence-corrected chi connectivity index (χ1v) is 8.11. The van der Waals surface area contributed by atoms with Gasteiger partial charge in [0.2, 0.25) is 10.0 Å². The molecule has 0 spiro atoms. The smallest absolute Gasteiger partial charge is 0.216 e. The van der Waals surface area contributed by atoms with E-state index in [1.165, 1.54) is 0 Å². The maximum absolute atomic E-state index is 13.5. The summed E-state index contributed by atoms with van der Waals surface area (Å²) in [4.78, 5) is 0. The fraction of sp³-hybridized carbons (Fsp3) is 0.538. The molecule has 1 aromatic rings. The van der Waals surface area contributed by atoms with Crippen LogP contribution in [0.1, 0.15) is 24.8 Å².